The second-order valence-electron chi connectivity index (χ2n) is 9.52. The maximum absolute atomic E-state index is 13.9. The molecule has 4 heterocycles. The van der Waals surface area contributed by atoms with Crippen LogP contribution in [0, 0.1) is 12.3 Å². The lowest BCUT2D eigenvalue weighted by atomic mass is 9.71. The fourth-order valence-corrected chi connectivity index (χ4v) is 5.64. The van der Waals surface area contributed by atoms with Crippen molar-refractivity contribution in [3.8, 4) is 0 Å². The van der Waals surface area contributed by atoms with E-state index in [1.54, 1.807) is 6.07 Å². The minimum Gasteiger partial charge on any atom is -0.457 e. The van der Waals surface area contributed by atoms with E-state index in [9.17, 15) is 19.1 Å². The topological polar surface area (TPSA) is 79.3 Å². The van der Waals surface area contributed by atoms with Crippen molar-refractivity contribution < 1.29 is 28.6 Å². The van der Waals surface area contributed by atoms with Crippen molar-refractivity contribution in [2.24, 2.45) is 5.41 Å². The lowest BCUT2D eigenvalue weighted by molar-refractivity contribution is -0.137. The normalized spacial score (nSPS) is 24.0. The molecular formula is C24H29FN2O5. The van der Waals surface area contributed by atoms with Gasteiger partial charge < -0.3 is 24.4 Å². The van der Waals surface area contributed by atoms with Crippen LogP contribution in [-0.2, 0) is 20.9 Å². The van der Waals surface area contributed by atoms with E-state index in [0.29, 0.717) is 17.8 Å². The molecular weight excluding hydrogens is 415 g/mol. The molecule has 0 saturated carbocycles. The molecule has 32 heavy (non-hydrogen) atoms. The molecule has 1 aromatic rings. The third-order valence-electron chi connectivity index (χ3n) is 7.89. The zero-order valence-corrected chi connectivity index (χ0v) is 18.4. The number of hydrogen-bond acceptors (Lipinski definition) is 7. The zero-order valence-electron chi connectivity index (χ0n) is 18.4. The number of cyclic esters (lactones) is 2. The molecule has 5 rings (SSSR count). The Bertz CT molecular complexity index is 973. The summed E-state index contributed by atoms with van der Waals surface area (Å²) in [6, 6.07) is 3.61. The van der Waals surface area contributed by atoms with Crippen LogP contribution in [0.5, 0.6) is 0 Å². The largest absolute Gasteiger partial charge is 0.457 e. The molecule has 1 spiro atoms. The number of aliphatic hydroxyl groups excluding tert-OH is 1. The molecule has 0 radical (unpaired) electrons. The van der Waals surface area contributed by atoms with Crippen molar-refractivity contribution in [1.82, 2.24) is 9.80 Å². The number of carbonyl (C=O) groups excluding carboxylic acids is 2. The van der Waals surface area contributed by atoms with Gasteiger partial charge in [0.15, 0.2) is 0 Å². The van der Waals surface area contributed by atoms with E-state index in [2.05, 4.69) is 4.90 Å². The van der Waals surface area contributed by atoms with E-state index in [1.165, 1.54) is 0 Å². The van der Waals surface area contributed by atoms with Gasteiger partial charge >= 0.3 is 11.9 Å². The Hall–Kier alpha value is -2.45. The number of benzene rings is 1. The summed E-state index contributed by atoms with van der Waals surface area (Å²) in [5.41, 5.74) is 3.95. The third kappa shape index (κ3) is 3.69. The minimum absolute atomic E-state index is 0.0473. The van der Waals surface area contributed by atoms with E-state index in [1.807, 2.05) is 17.9 Å². The number of halogens is 1. The molecule has 8 heteroatoms. The Kier molecular flexibility index (Phi) is 5.45. The average molecular weight is 445 g/mol. The summed E-state index contributed by atoms with van der Waals surface area (Å²) in [4.78, 5) is 27.3. The summed E-state index contributed by atoms with van der Waals surface area (Å²) in [6.45, 7) is 6.17. The van der Waals surface area contributed by atoms with Gasteiger partial charge in [-0.15, -0.1) is 0 Å². The average Bonchev–Trinajstić information content (AvgIpc) is 3.34. The minimum atomic E-state index is -0.843. The molecule has 2 fully saturated rings. The molecule has 0 bridgehead atoms. The van der Waals surface area contributed by atoms with Crippen molar-refractivity contribution in [3.63, 3.8) is 0 Å². The first-order valence-electron chi connectivity index (χ1n) is 11.4. The Balaban J connectivity index is 1.16. The van der Waals surface area contributed by atoms with Crippen LogP contribution >= 0.6 is 0 Å². The quantitative estimate of drug-likeness (QED) is 0.715. The highest BCUT2D eigenvalue weighted by atomic mass is 19.1. The molecule has 0 aliphatic carbocycles. The number of rotatable bonds is 4. The lowest BCUT2D eigenvalue weighted by Crippen LogP contribution is -2.47. The van der Waals surface area contributed by atoms with Crippen LogP contribution in [0.4, 0.5) is 4.39 Å². The van der Waals surface area contributed by atoms with Gasteiger partial charge in [0.05, 0.1) is 17.4 Å². The Morgan fingerprint density at radius 2 is 1.69 bits per heavy atom. The molecule has 4 aliphatic rings. The molecule has 0 amide bonds. The first kappa shape index (κ1) is 21.4. The second-order valence-corrected chi connectivity index (χ2v) is 9.52. The van der Waals surface area contributed by atoms with E-state index < -0.39 is 17.9 Å². The molecule has 4 aliphatic heterocycles. The number of nitrogens with zero attached hydrogens (tertiary/aromatic N) is 2. The van der Waals surface area contributed by atoms with Gasteiger partial charge in [0.25, 0.3) is 0 Å². The summed E-state index contributed by atoms with van der Waals surface area (Å²) in [6.07, 6.45) is 3.45. The van der Waals surface area contributed by atoms with Crippen LogP contribution in [-0.4, -0.2) is 66.2 Å². The van der Waals surface area contributed by atoms with E-state index in [0.717, 1.165) is 68.6 Å². The molecule has 7 nitrogen and oxygen atoms in total. The summed E-state index contributed by atoms with van der Waals surface area (Å²) >= 11 is 0. The van der Waals surface area contributed by atoms with Crippen LogP contribution in [0.1, 0.15) is 58.8 Å². The van der Waals surface area contributed by atoms with Gasteiger partial charge in [0.2, 0.25) is 5.83 Å². The number of likely N-dealkylation sites (tertiary alicyclic amines) is 2. The van der Waals surface area contributed by atoms with Gasteiger partial charge in [0, 0.05) is 25.2 Å². The van der Waals surface area contributed by atoms with Gasteiger partial charge in [-0.1, -0.05) is 6.07 Å². The van der Waals surface area contributed by atoms with Gasteiger partial charge in [-0.05, 0) is 68.3 Å². The zero-order chi connectivity index (χ0) is 22.5. The molecule has 0 unspecified atom stereocenters. The lowest BCUT2D eigenvalue weighted by Gasteiger charge is -2.47. The van der Waals surface area contributed by atoms with Crippen molar-refractivity contribution in [2.45, 2.75) is 45.3 Å². The van der Waals surface area contributed by atoms with Crippen LogP contribution in [0.2, 0.25) is 0 Å². The van der Waals surface area contributed by atoms with Crippen molar-refractivity contribution >= 4 is 11.9 Å². The van der Waals surface area contributed by atoms with E-state index in [4.69, 9.17) is 9.47 Å². The van der Waals surface area contributed by atoms with Crippen LogP contribution < -0.4 is 0 Å². The number of aliphatic hydroxyl groups is 1. The van der Waals surface area contributed by atoms with Crippen LogP contribution in [0.15, 0.2) is 23.7 Å². The monoisotopic (exact) mass is 444 g/mol. The Morgan fingerprint density at radius 1 is 1.03 bits per heavy atom. The summed E-state index contributed by atoms with van der Waals surface area (Å²) in [5.74, 6) is -1.87. The maximum Gasteiger partial charge on any atom is 0.369 e. The highest BCUT2D eigenvalue weighted by Crippen LogP contribution is 2.43. The standard InChI is InChI=1S/C24H29FN2O5/c1-15-16(2-3-17-18(15)13-31-22(17)29)20(28)12-26-8-4-24(5-9-26)6-10-27(11-7-24)19-14-32-23(30)21(19)25/h2-3,20,28H,4-14H2,1H3/t20-/m0/s1. The van der Waals surface area contributed by atoms with E-state index >= 15 is 0 Å². The maximum atomic E-state index is 13.9. The van der Waals surface area contributed by atoms with Crippen molar-refractivity contribution in [2.75, 3.05) is 39.3 Å². The molecule has 2 saturated heterocycles. The van der Waals surface area contributed by atoms with E-state index in [-0.39, 0.29) is 24.6 Å². The highest BCUT2D eigenvalue weighted by molar-refractivity contribution is 5.94. The van der Waals surface area contributed by atoms with Crippen molar-refractivity contribution in [3.05, 3.63) is 45.9 Å². The van der Waals surface area contributed by atoms with Gasteiger partial charge in [-0.3, -0.25) is 0 Å². The van der Waals surface area contributed by atoms with Gasteiger partial charge in [-0.2, -0.15) is 4.39 Å². The summed E-state index contributed by atoms with van der Waals surface area (Å²) < 4.78 is 23.9. The summed E-state index contributed by atoms with van der Waals surface area (Å²) in [5, 5.41) is 10.9. The molecule has 1 aromatic carbocycles. The number of carbonyl (C=O) groups is 2. The first-order valence-corrected chi connectivity index (χ1v) is 11.4. The van der Waals surface area contributed by atoms with Gasteiger partial charge in [0.1, 0.15) is 13.2 Å². The second kappa shape index (κ2) is 8.15. The van der Waals surface area contributed by atoms with Crippen LogP contribution in [0.25, 0.3) is 0 Å². The smallest absolute Gasteiger partial charge is 0.369 e. The van der Waals surface area contributed by atoms with Crippen LogP contribution in [0.3, 0.4) is 0 Å². The predicted octanol–water partition coefficient (Wildman–Crippen LogP) is 2.61. The summed E-state index contributed by atoms with van der Waals surface area (Å²) in [7, 11) is 0. The van der Waals surface area contributed by atoms with Gasteiger partial charge in [-0.25, -0.2) is 9.59 Å². The SMILES string of the molecule is Cc1c([C@@H](O)CN2CCC3(CC2)CCN(C2=C(F)C(=O)OC2)CC3)ccc2c1COC2=O. The number of esters is 2. The molecule has 0 aromatic heterocycles. The first-order chi connectivity index (χ1) is 15.4. The Labute approximate surface area is 186 Å². The number of fused-ring (bicyclic) bond motifs is 1. The van der Waals surface area contributed by atoms with Crippen molar-refractivity contribution in [1.29, 1.82) is 0 Å². The fraction of sp³-hybridized carbons (Fsp3) is 0.583. The molecule has 1 N–H and O–H groups in total. The number of hydrogen-bond donors (Lipinski definition) is 1. The number of β-amino-alcohol motifs (C(OH)–C–C–N with tert-alkyl or cyclic N) is 1. The third-order valence-corrected chi connectivity index (χ3v) is 7.89. The molecule has 172 valence electrons. The molecule has 1 atom stereocenters. The Morgan fingerprint density at radius 3 is 2.34 bits per heavy atom. The fourth-order valence-electron chi connectivity index (χ4n) is 5.64. The highest BCUT2D eigenvalue weighted by Gasteiger charge is 2.40. The predicted molar refractivity (Wildman–Crippen MR) is 113 cm³/mol. The number of ether oxygens (including phenoxy) is 2. The number of piperidine rings is 2.